The van der Waals surface area contributed by atoms with Crippen LogP contribution in [-0.4, -0.2) is 18.3 Å². The van der Waals surface area contributed by atoms with Gasteiger partial charge < -0.3 is 11.1 Å². The first kappa shape index (κ1) is 11.8. The topological polar surface area (TPSA) is 38.0 Å². The van der Waals surface area contributed by atoms with Crippen LogP contribution in [0.4, 0.5) is 5.69 Å². The van der Waals surface area contributed by atoms with E-state index in [0.717, 1.165) is 11.4 Å². The van der Waals surface area contributed by atoms with Crippen LogP contribution in [0.2, 0.25) is 0 Å². The fraction of sp³-hybridized carbons (Fsp3) is 0.538. The molecule has 0 radical (unpaired) electrons. The average molecular weight is 236 g/mol. The number of aryl methyl sites for hydroxylation is 1. The third-order valence-corrected chi connectivity index (χ3v) is 4.37. The van der Waals surface area contributed by atoms with Gasteiger partial charge in [-0.05, 0) is 37.9 Å². The zero-order valence-electron chi connectivity index (χ0n) is 9.83. The van der Waals surface area contributed by atoms with E-state index in [1.165, 1.54) is 36.3 Å². The van der Waals surface area contributed by atoms with Gasteiger partial charge in [0.2, 0.25) is 0 Å². The maximum absolute atomic E-state index is 6.06. The molecule has 0 saturated carbocycles. The average Bonchev–Trinajstić information content (AvgIpc) is 2.32. The van der Waals surface area contributed by atoms with Crippen LogP contribution in [0.3, 0.4) is 0 Å². The first-order chi connectivity index (χ1) is 7.77. The van der Waals surface area contributed by atoms with E-state index >= 15 is 0 Å². The molecule has 2 rings (SSSR count). The SMILES string of the molecule is Cc1cccc(SCC2CCCCN2)c1N. The number of anilines is 1. The minimum Gasteiger partial charge on any atom is -0.398 e. The second-order valence-electron chi connectivity index (χ2n) is 4.44. The predicted molar refractivity (Wildman–Crippen MR) is 72.0 cm³/mol. The molecule has 1 unspecified atom stereocenters. The minimum atomic E-state index is 0.665. The molecule has 1 aliphatic heterocycles. The van der Waals surface area contributed by atoms with Gasteiger partial charge in [0.15, 0.2) is 0 Å². The zero-order chi connectivity index (χ0) is 11.4. The van der Waals surface area contributed by atoms with Crippen molar-refractivity contribution >= 4 is 17.4 Å². The molecule has 1 atom stereocenters. The molecule has 1 heterocycles. The van der Waals surface area contributed by atoms with Gasteiger partial charge in [0.25, 0.3) is 0 Å². The Morgan fingerprint density at radius 3 is 3.06 bits per heavy atom. The lowest BCUT2D eigenvalue weighted by Crippen LogP contribution is -2.35. The molecule has 1 aliphatic rings. The molecule has 0 bridgehead atoms. The van der Waals surface area contributed by atoms with Crippen molar-refractivity contribution in [3.05, 3.63) is 23.8 Å². The van der Waals surface area contributed by atoms with Crippen molar-refractivity contribution in [1.29, 1.82) is 0 Å². The minimum absolute atomic E-state index is 0.665. The van der Waals surface area contributed by atoms with Crippen LogP contribution in [0.5, 0.6) is 0 Å². The van der Waals surface area contributed by atoms with Crippen LogP contribution in [0.15, 0.2) is 23.1 Å². The summed E-state index contributed by atoms with van der Waals surface area (Å²) in [5.41, 5.74) is 8.19. The van der Waals surface area contributed by atoms with Crippen molar-refractivity contribution in [2.45, 2.75) is 37.1 Å². The van der Waals surface area contributed by atoms with E-state index in [4.69, 9.17) is 5.73 Å². The maximum atomic E-state index is 6.06. The number of piperidine rings is 1. The third-order valence-electron chi connectivity index (χ3n) is 3.14. The van der Waals surface area contributed by atoms with Gasteiger partial charge in [0, 0.05) is 22.4 Å². The Morgan fingerprint density at radius 1 is 1.44 bits per heavy atom. The van der Waals surface area contributed by atoms with Crippen LogP contribution in [0.25, 0.3) is 0 Å². The lowest BCUT2D eigenvalue weighted by molar-refractivity contribution is 0.430. The molecule has 0 spiro atoms. The summed E-state index contributed by atoms with van der Waals surface area (Å²) in [6.45, 7) is 3.24. The van der Waals surface area contributed by atoms with E-state index in [1.54, 1.807) is 0 Å². The number of nitrogens with one attached hydrogen (secondary N) is 1. The Labute approximate surface area is 102 Å². The molecule has 2 nitrogen and oxygen atoms in total. The second kappa shape index (κ2) is 5.60. The summed E-state index contributed by atoms with van der Waals surface area (Å²) in [6, 6.07) is 6.94. The molecule has 0 aromatic heterocycles. The van der Waals surface area contributed by atoms with E-state index in [0.29, 0.717) is 6.04 Å². The van der Waals surface area contributed by atoms with Crippen molar-refractivity contribution in [1.82, 2.24) is 5.32 Å². The number of rotatable bonds is 3. The Morgan fingerprint density at radius 2 is 2.31 bits per heavy atom. The molecular weight excluding hydrogens is 216 g/mol. The lowest BCUT2D eigenvalue weighted by atomic mass is 10.1. The van der Waals surface area contributed by atoms with Gasteiger partial charge >= 0.3 is 0 Å². The molecule has 0 aliphatic carbocycles. The lowest BCUT2D eigenvalue weighted by Gasteiger charge is -2.23. The van der Waals surface area contributed by atoms with Crippen molar-refractivity contribution in [2.24, 2.45) is 0 Å². The Kier molecular flexibility index (Phi) is 4.13. The number of nitrogen functional groups attached to an aromatic ring is 1. The van der Waals surface area contributed by atoms with Gasteiger partial charge in [0.05, 0.1) is 0 Å². The Hall–Kier alpha value is -0.670. The summed E-state index contributed by atoms with van der Waals surface area (Å²) in [5.74, 6) is 1.13. The summed E-state index contributed by atoms with van der Waals surface area (Å²) in [6.07, 6.45) is 3.99. The molecule has 16 heavy (non-hydrogen) atoms. The maximum Gasteiger partial charge on any atom is 0.0481 e. The van der Waals surface area contributed by atoms with Crippen molar-refractivity contribution in [3.63, 3.8) is 0 Å². The number of para-hydroxylation sites is 1. The van der Waals surface area contributed by atoms with Crippen LogP contribution < -0.4 is 11.1 Å². The number of benzene rings is 1. The van der Waals surface area contributed by atoms with Gasteiger partial charge in [0.1, 0.15) is 0 Å². The van der Waals surface area contributed by atoms with Gasteiger partial charge in [-0.15, -0.1) is 11.8 Å². The molecule has 1 aromatic rings. The van der Waals surface area contributed by atoms with Crippen LogP contribution in [-0.2, 0) is 0 Å². The summed E-state index contributed by atoms with van der Waals surface area (Å²) in [5, 5.41) is 3.56. The quantitative estimate of drug-likeness (QED) is 0.626. The Balaban J connectivity index is 1.91. The molecule has 3 N–H and O–H groups in total. The van der Waals surface area contributed by atoms with Crippen LogP contribution in [0.1, 0.15) is 24.8 Å². The normalized spacial score (nSPS) is 20.9. The monoisotopic (exact) mass is 236 g/mol. The molecular formula is C13H20N2S. The number of hydrogen-bond acceptors (Lipinski definition) is 3. The first-order valence-corrected chi connectivity index (χ1v) is 6.97. The molecule has 0 amide bonds. The van der Waals surface area contributed by atoms with E-state index < -0.39 is 0 Å². The predicted octanol–water partition coefficient (Wildman–Crippen LogP) is 2.81. The molecule has 88 valence electrons. The fourth-order valence-corrected chi connectivity index (χ4v) is 3.19. The first-order valence-electron chi connectivity index (χ1n) is 5.98. The van der Waals surface area contributed by atoms with E-state index in [1.807, 2.05) is 11.8 Å². The van der Waals surface area contributed by atoms with Crippen molar-refractivity contribution in [3.8, 4) is 0 Å². The summed E-state index contributed by atoms with van der Waals surface area (Å²) in [4.78, 5) is 1.23. The van der Waals surface area contributed by atoms with Gasteiger partial charge in [-0.25, -0.2) is 0 Å². The van der Waals surface area contributed by atoms with Crippen LogP contribution >= 0.6 is 11.8 Å². The summed E-state index contributed by atoms with van der Waals surface area (Å²) < 4.78 is 0. The van der Waals surface area contributed by atoms with Crippen molar-refractivity contribution in [2.75, 3.05) is 18.0 Å². The molecule has 3 heteroatoms. The third kappa shape index (κ3) is 2.92. The smallest absolute Gasteiger partial charge is 0.0481 e. The van der Waals surface area contributed by atoms with E-state index in [9.17, 15) is 0 Å². The number of nitrogens with two attached hydrogens (primary N) is 1. The zero-order valence-corrected chi connectivity index (χ0v) is 10.6. The van der Waals surface area contributed by atoms with Gasteiger partial charge in [-0.1, -0.05) is 18.6 Å². The highest BCUT2D eigenvalue weighted by Crippen LogP contribution is 2.28. The van der Waals surface area contributed by atoms with Gasteiger partial charge in [-0.2, -0.15) is 0 Å². The van der Waals surface area contributed by atoms with Gasteiger partial charge in [-0.3, -0.25) is 0 Å². The highest BCUT2D eigenvalue weighted by molar-refractivity contribution is 7.99. The Bertz CT molecular complexity index is 346. The molecule has 1 aromatic carbocycles. The van der Waals surface area contributed by atoms with E-state index in [2.05, 4.69) is 30.4 Å². The summed E-state index contributed by atoms with van der Waals surface area (Å²) in [7, 11) is 0. The molecule has 1 fully saturated rings. The highest BCUT2D eigenvalue weighted by Gasteiger charge is 2.13. The number of hydrogen-bond donors (Lipinski definition) is 2. The highest BCUT2D eigenvalue weighted by atomic mass is 32.2. The standard InChI is InChI=1S/C13H20N2S/c1-10-5-4-7-12(13(10)14)16-9-11-6-2-3-8-15-11/h4-5,7,11,15H,2-3,6,8-9,14H2,1H3. The molecule has 1 saturated heterocycles. The van der Waals surface area contributed by atoms with E-state index in [-0.39, 0.29) is 0 Å². The number of thioether (sulfide) groups is 1. The fourth-order valence-electron chi connectivity index (χ4n) is 2.04. The largest absolute Gasteiger partial charge is 0.398 e. The summed E-state index contributed by atoms with van der Waals surface area (Å²) >= 11 is 1.88. The second-order valence-corrected chi connectivity index (χ2v) is 5.51. The van der Waals surface area contributed by atoms with Crippen LogP contribution in [0, 0.1) is 6.92 Å². The van der Waals surface area contributed by atoms with Crippen molar-refractivity contribution < 1.29 is 0 Å².